The second kappa shape index (κ2) is 20.7. The molecule has 8 unspecified atom stereocenters. The first-order chi connectivity index (χ1) is 31.0. The zero-order valence-electron chi connectivity index (χ0n) is 40.9. The number of aliphatic hydroxyl groups excluding tert-OH is 2. The summed E-state index contributed by atoms with van der Waals surface area (Å²) in [5.74, 6) is -3.83. The molecule has 4 saturated heterocycles. The number of fused-ring (bicyclic) bond motifs is 1. The maximum Gasteiger partial charge on any atom is 0.431 e. The highest BCUT2D eigenvalue weighted by Crippen LogP contribution is 2.45. The average Bonchev–Trinajstić information content (AvgIpc) is 4.04. The fourth-order valence-electron chi connectivity index (χ4n) is 10.6. The van der Waals surface area contributed by atoms with Crippen molar-refractivity contribution in [2.75, 3.05) is 28.3 Å². The number of ketones is 1. The van der Waals surface area contributed by atoms with Gasteiger partial charge in [0.15, 0.2) is 23.9 Å². The number of Topliss-reactive ketones (excluding diaryl/α,β-unsaturated/α-hetero) is 1. The fourth-order valence-corrected chi connectivity index (χ4v) is 11.3. The minimum Gasteiger partial charge on any atom is -0.458 e. The molecule has 2 aromatic rings. The molecular formula is C47H72N4O14S. The van der Waals surface area contributed by atoms with Gasteiger partial charge in [-0.15, -0.1) is 11.3 Å². The third kappa shape index (κ3) is 10.3. The molecule has 2 aromatic heterocycles. The van der Waals surface area contributed by atoms with Gasteiger partial charge < -0.3 is 57.5 Å². The van der Waals surface area contributed by atoms with Gasteiger partial charge in [-0.25, -0.2) is 4.79 Å². The Bertz CT molecular complexity index is 2000. The third-order valence-electron chi connectivity index (χ3n) is 14.6. The van der Waals surface area contributed by atoms with Crippen LogP contribution in [0.1, 0.15) is 101 Å². The first kappa shape index (κ1) is 52.0. The number of thiophene rings is 1. The van der Waals surface area contributed by atoms with Crippen molar-refractivity contribution in [2.24, 2.45) is 28.8 Å². The number of hydrogen-bond donors (Lipinski definition) is 2. The van der Waals surface area contributed by atoms with Crippen molar-refractivity contribution in [3.05, 3.63) is 29.3 Å². The first-order valence-corrected chi connectivity index (χ1v) is 24.0. The maximum absolute atomic E-state index is 15.0. The number of rotatable bonds is 11. The summed E-state index contributed by atoms with van der Waals surface area (Å²) in [6, 6.07) is 4.10. The van der Waals surface area contributed by atoms with Gasteiger partial charge in [0.2, 0.25) is 0 Å². The van der Waals surface area contributed by atoms with Gasteiger partial charge in [-0.05, 0) is 86.3 Å². The number of hydrogen-bond acceptors (Lipinski definition) is 18. The molecule has 0 aromatic carbocycles. The molecule has 0 spiro atoms. The number of nitrogens with zero attached hydrogens (tertiary/aromatic N) is 4. The standard InChI is InChI=1S/C47H72N4O14S/c1-15-34-47(10)39(51(44(56)64-47)48-23-30-20-32(65-49-30)33-17-16-18-66-33)26(4)36(52)24(2)21-46(9,58-14)41(63-43-37(53)31(50(11)12)19-25(3)59-43)27(5)38(28(6)42(55)61-34)62-35-22-45(8,57-13)40(54)29(7)60-35/h16-18,20,23-29,31,34-35,37-41,43,53-54H,15,19,21-22H2,1-14H3/t24-,25?,26+,27+,28-,29?,31?,34-,35?,37?,38+,39-,40?,41-,43?,45?,46-,47-/m1/s1. The SMILES string of the molecule is CC[C@H]1OC(=O)[C@H](C)[C@@H](OC2CC(C)(OC)C(O)C(C)O2)[C@H](C)[C@@H](OC2OC(C)CC(N(C)C)C2O)[C@](C)(OC)C[C@@H](C)C(=O)[C@H](C)[C@H]2N(N=Cc3cc(-c4cccs4)on3)C(=O)O[C@]12C. The maximum atomic E-state index is 15.0. The minimum absolute atomic E-state index is 0.0940. The van der Waals surface area contributed by atoms with Gasteiger partial charge in [-0.2, -0.15) is 10.1 Å². The van der Waals surface area contributed by atoms with E-state index >= 15 is 4.79 Å². The second-order valence-corrected chi connectivity index (χ2v) is 20.6. The highest BCUT2D eigenvalue weighted by molar-refractivity contribution is 7.13. The van der Waals surface area contributed by atoms with Crippen LogP contribution < -0.4 is 0 Å². The molecular weight excluding hydrogens is 877 g/mol. The fraction of sp³-hybridized carbons (Fsp3) is 0.766. The van der Waals surface area contributed by atoms with E-state index < -0.39 is 108 Å². The molecule has 6 rings (SSSR count). The molecule has 4 fully saturated rings. The van der Waals surface area contributed by atoms with Gasteiger partial charge in [0, 0.05) is 50.5 Å². The molecule has 19 heteroatoms. The van der Waals surface area contributed by atoms with Crippen LogP contribution in [0.2, 0.25) is 0 Å². The molecule has 4 aliphatic heterocycles. The smallest absolute Gasteiger partial charge is 0.431 e. The summed E-state index contributed by atoms with van der Waals surface area (Å²) >= 11 is 1.48. The summed E-state index contributed by atoms with van der Waals surface area (Å²) in [5.41, 5.74) is -3.61. The number of ether oxygens (including phenoxy) is 8. The molecule has 0 radical (unpaired) electrons. The molecule has 18 atom stereocenters. The lowest BCUT2D eigenvalue weighted by Crippen LogP contribution is -2.61. The van der Waals surface area contributed by atoms with E-state index in [1.54, 1.807) is 54.5 Å². The summed E-state index contributed by atoms with van der Waals surface area (Å²) in [4.78, 5) is 46.7. The summed E-state index contributed by atoms with van der Waals surface area (Å²) < 4.78 is 56.8. The Morgan fingerprint density at radius 3 is 2.30 bits per heavy atom. The summed E-state index contributed by atoms with van der Waals surface area (Å²) in [6.45, 7) is 17.8. The van der Waals surface area contributed by atoms with Crippen molar-refractivity contribution in [2.45, 2.75) is 179 Å². The van der Waals surface area contributed by atoms with Gasteiger partial charge in [0.05, 0.1) is 52.6 Å². The molecule has 2 N–H and O–H groups in total. The van der Waals surface area contributed by atoms with Crippen LogP contribution in [0, 0.1) is 23.7 Å². The van der Waals surface area contributed by atoms with E-state index in [4.69, 9.17) is 42.4 Å². The topological polar surface area (TPSA) is 210 Å². The number of carbonyl (C=O) groups is 3. The monoisotopic (exact) mass is 948 g/mol. The Kier molecular flexibility index (Phi) is 16.3. The van der Waals surface area contributed by atoms with Gasteiger partial charge in [0.1, 0.15) is 35.8 Å². The van der Waals surface area contributed by atoms with Crippen LogP contribution in [-0.2, 0) is 47.5 Å². The van der Waals surface area contributed by atoms with E-state index in [9.17, 15) is 19.8 Å². The predicted molar refractivity (Wildman–Crippen MR) is 242 cm³/mol. The summed E-state index contributed by atoms with van der Waals surface area (Å²) in [7, 11) is 6.80. The van der Waals surface area contributed by atoms with Crippen molar-refractivity contribution < 1.29 is 67.0 Å². The van der Waals surface area contributed by atoms with Crippen molar-refractivity contribution in [1.82, 2.24) is 15.1 Å². The van der Waals surface area contributed by atoms with E-state index in [0.717, 1.165) is 9.89 Å². The summed E-state index contributed by atoms with van der Waals surface area (Å²) in [6.07, 6.45) is -6.81. The number of hydrazone groups is 1. The number of amides is 1. The van der Waals surface area contributed by atoms with Crippen molar-refractivity contribution in [3.63, 3.8) is 0 Å². The van der Waals surface area contributed by atoms with Gasteiger partial charge >= 0.3 is 12.1 Å². The Hall–Kier alpha value is -3.37. The lowest BCUT2D eigenvalue weighted by molar-refractivity contribution is -0.319. The van der Waals surface area contributed by atoms with Gasteiger partial charge in [-0.1, -0.05) is 38.9 Å². The lowest BCUT2D eigenvalue weighted by atomic mass is 9.73. The van der Waals surface area contributed by atoms with Crippen LogP contribution >= 0.6 is 11.3 Å². The molecule has 18 nitrogen and oxygen atoms in total. The second-order valence-electron chi connectivity index (χ2n) is 19.6. The number of esters is 1. The number of methoxy groups -OCH3 is 2. The van der Waals surface area contributed by atoms with Crippen LogP contribution in [0.15, 0.2) is 33.2 Å². The van der Waals surface area contributed by atoms with Crippen LogP contribution in [0.4, 0.5) is 4.79 Å². The Labute approximate surface area is 392 Å². The highest BCUT2D eigenvalue weighted by atomic mass is 32.1. The van der Waals surface area contributed by atoms with Crippen LogP contribution in [0.3, 0.4) is 0 Å². The first-order valence-electron chi connectivity index (χ1n) is 23.1. The molecule has 1 amide bonds. The van der Waals surface area contributed by atoms with Gasteiger partial charge in [0.25, 0.3) is 0 Å². The minimum atomic E-state index is -1.58. The number of aliphatic hydroxyl groups is 2. The van der Waals surface area contributed by atoms with Crippen LogP contribution in [-0.4, -0.2) is 162 Å². The third-order valence-corrected chi connectivity index (χ3v) is 15.5. The molecule has 0 bridgehead atoms. The van der Waals surface area contributed by atoms with Crippen molar-refractivity contribution >= 4 is 35.4 Å². The van der Waals surface area contributed by atoms with Crippen molar-refractivity contribution in [3.8, 4) is 10.6 Å². The Morgan fingerprint density at radius 2 is 1.68 bits per heavy atom. The number of aromatic nitrogens is 1. The lowest BCUT2D eigenvalue weighted by Gasteiger charge is -2.50. The molecule has 6 heterocycles. The molecule has 0 aliphatic carbocycles. The van der Waals surface area contributed by atoms with E-state index in [0.29, 0.717) is 17.9 Å². The average molecular weight is 949 g/mol. The van der Waals surface area contributed by atoms with E-state index in [1.807, 2.05) is 57.3 Å². The highest BCUT2D eigenvalue weighted by Gasteiger charge is 2.61. The molecule has 66 heavy (non-hydrogen) atoms. The normalized spacial score (nSPS) is 42.0. The Balaban J connectivity index is 1.44. The van der Waals surface area contributed by atoms with Crippen LogP contribution in [0.25, 0.3) is 10.6 Å². The van der Waals surface area contributed by atoms with E-state index in [1.165, 1.54) is 31.8 Å². The van der Waals surface area contributed by atoms with Crippen molar-refractivity contribution in [1.29, 1.82) is 0 Å². The number of carbonyl (C=O) groups excluding carboxylic acids is 3. The number of cyclic esters (lactones) is 1. The zero-order valence-corrected chi connectivity index (χ0v) is 41.7. The quantitative estimate of drug-likeness (QED) is 0.206. The molecule has 4 aliphatic rings. The largest absolute Gasteiger partial charge is 0.458 e. The Morgan fingerprint density at radius 1 is 0.985 bits per heavy atom. The number of likely N-dealkylation sites (N-methyl/N-ethyl adjacent to an activating group) is 1. The van der Waals surface area contributed by atoms with Gasteiger partial charge in [-0.3, -0.25) is 9.59 Å². The van der Waals surface area contributed by atoms with Crippen LogP contribution in [0.5, 0.6) is 0 Å². The molecule has 370 valence electrons. The predicted octanol–water partition coefficient (Wildman–Crippen LogP) is 5.66. The molecule has 0 saturated carbocycles. The zero-order chi connectivity index (χ0) is 48.6. The van der Waals surface area contributed by atoms with E-state index in [2.05, 4.69) is 10.3 Å². The summed E-state index contributed by atoms with van der Waals surface area (Å²) in [5, 5.41) is 34.6. The van der Waals surface area contributed by atoms with E-state index in [-0.39, 0.29) is 37.2 Å².